The number of amides is 2. The van der Waals surface area contributed by atoms with Gasteiger partial charge in [0.2, 0.25) is 0 Å². The Morgan fingerprint density at radius 2 is 1.73 bits per heavy atom. The molecule has 22 heavy (non-hydrogen) atoms. The second-order valence-electron chi connectivity index (χ2n) is 4.89. The number of rotatable bonds is 3. The van der Waals surface area contributed by atoms with Crippen LogP contribution in [0.5, 0.6) is 0 Å². The highest BCUT2D eigenvalue weighted by Crippen LogP contribution is 2.26. The fourth-order valence-corrected chi connectivity index (χ4v) is 2.44. The van der Waals surface area contributed by atoms with Crippen molar-refractivity contribution in [3.8, 4) is 0 Å². The van der Waals surface area contributed by atoms with Gasteiger partial charge >= 0.3 is 0 Å². The molecule has 0 unspecified atom stereocenters. The minimum Gasteiger partial charge on any atom is -0.461 e. The highest BCUT2D eigenvalue weighted by Gasteiger charge is 2.19. The summed E-state index contributed by atoms with van der Waals surface area (Å²) in [6.45, 7) is 1.73. The molecule has 1 aromatic heterocycles. The van der Waals surface area contributed by atoms with Gasteiger partial charge in [-0.3, -0.25) is 9.59 Å². The van der Waals surface area contributed by atoms with E-state index in [1.54, 1.807) is 37.3 Å². The zero-order valence-electron chi connectivity index (χ0n) is 11.9. The maximum atomic E-state index is 12.6. The summed E-state index contributed by atoms with van der Waals surface area (Å²) >= 11 is 0. The van der Waals surface area contributed by atoms with Crippen molar-refractivity contribution in [1.29, 1.82) is 0 Å². The summed E-state index contributed by atoms with van der Waals surface area (Å²) in [6, 6.07) is 13.9. The predicted molar refractivity (Wildman–Crippen MR) is 83.9 cm³/mol. The smallest absolute Gasteiger partial charge is 0.259 e. The SMILES string of the molecule is Cc1oc2ccccc2c1C(=O)Nc1ccccc1C(N)=O. The average Bonchev–Trinajstić information content (AvgIpc) is 2.83. The molecule has 0 saturated carbocycles. The Morgan fingerprint density at radius 1 is 1.05 bits per heavy atom. The molecule has 0 aliphatic heterocycles. The Bertz CT molecular complexity index is 880. The van der Waals surface area contributed by atoms with Crippen LogP contribution in [0.4, 0.5) is 5.69 Å². The van der Waals surface area contributed by atoms with Crippen molar-refractivity contribution < 1.29 is 14.0 Å². The number of hydrogen-bond donors (Lipinski definition) is 2. The van der Waals surface area contributed by atoms with Gasteiger partial charge in [0.05, 0.1) is 16.8 Å². The maximum absolute atomic E-state index is 12.6. The zero-order chi connectivity index (χ0) is 15.7. The fourth-order valence-electron chi connectivity index (χ4n) is 2.44. The van der Waals surface area contributed by atoms with Gasteiger partial charge in [0.25, 0.3) is 11.8 Å². The normalized spacial score (nSPS) is 10.6. The number of carbonyl (C=O) groups excluding carboxylic acids is 2. The van der Waals surface area contributed by atoms with E-state index in [1.807, 2.05) is 18.2 Å². The Hall–Kier alpha value is -3.08. The lowest BCUT2D eigenvalue weighted by Gasteiger charge is -2.08. The molecule has 0 aliphatic rings. The first-order valence-corrected chi connectivity index (χ1v) is 6.76. The van der Waals surface area contributed by atoms with Crippen molar-refractivity contribution >= 4 is 28.5 Å². The van der Waals surface area contributed by atoms with Crippen LogP contribution in [0.3, 0.4) is 0 Å². The molecule has 2 aromatic carbocycles. The monoisotopic (exact) mass is 294 g/mol. The topological polar surface area (TPSA) is 85.3 Å². The van der Waals surface area contributed by atoms with Crippen LogP contribution in [0.15, 0.2) is 52.9 Å². The summed E-state index contributed by atoms with van der Waals surface area (Å²) in [5.74, 6) is -0.406. The molecule has 3 rings (SSSR count). The highest BCUT2D eigenvalue weighted by atomic mass is 16.3. The van der Waals surface area contributed by atoms with Gasteiger partial charge in [-0.05, 0) is 25.1 Å². The van der Waals surface area contributed by atoms with Crippen LogP contribution in [0.2, 0.25) is 0 Å². The Labute approximate surface area is 126 Å². The minimum atomic E-state index is -0.593. The lowest BCUT2D eigenvalue weighted by Crippen LogP contribution is -2.18. The number of anilines is 1. The van der Waals surface area contributed by atoms with Crippen molar-refractivity contribution in [2.45, 2.75) is 6.92 Å². The zero-order valence-corrected chi connectivity index (χ0v) is 11.9. The number of nitrogens with one attached hydrogen (secondary N) is 1. The van der Waals surface area contributed by atoms with E-state index in [9.17, 15) is 9.59 Å². The average molecular weight is 294 g/mol. The van der Waals surface area contributed by atoms with E-state index in [0.29, 0.717) is 22.6 Å². The van der Waals surface area contributed by atoms with Gasteiger partial charge in [-0.15, -0.1) is 0 Å². The number of aryl methyl sites for hydroxylation is 1. The molecule has 110 valence electrons. The lowest BCUT2D eigenvalue weighted by atomic mass is 10.1. The molecular weight excluding hydrogens is 280 g/mol. The van der Waals surface area contributed by atoms with Gasteiger partial charge in [0.15, 0.2) is 0 Å². The minimum absolute atomic E-state index is 0.265. The summed E-state index contributed by atoms with van der Waals surface area (Å²) in [6.07, 6.45) is 0. The van der Waals surface area contributed by atoms with Crippen LogP contribution in [0.1, 0.15) is 26.5 Å². The van der Waals surface area contributed by atoms with E-state index >= 15 is 0 Å². The quantitative estimate of drug-likeness (QED) is 0.778. The van der Waals surface area contributed by atoms with Crippen molar-refractivity contribution in [2.75, 3.05) is 5.32 Å². The molecule has 0 atom stereocenters. The van der Waals surface area contributed by atoms with Crippen molar-refractivity contribution in [1.82, 2.24) is 0 Å². The van der Waals surface area contributed by atoms with Gasteiger partial charge in [0.1, 0.15) is 11.3 Å². The molecule has 3 aromatic rings. The molecule has 0 saturated heterocycles. The van der Waals surface area contributed by atoms with Crippen LogP contribution < -0.4 is 11.1 Å². The highest BCUT2D eigenvalue weighted by molar-refractivity contribution is 6.15. The molecular formula is C17H14N2O3. The lowest BCUT2D eigenvalue weighted by molar-refractivity contribution is 0.100. The van der Waals surface area contributed by atoms with Crippen LogP contribution in [0, 0.1) is 6.92 Å². The predicted octanol–water partition coefficient (Wildman–Crippen LogP) is 3.09. The van der Waals surface area contributed by atoms with E-state index in [1.165, 1.54) is 0 Å². The van der Waals surface area contributed by atoms with E-state index in [4.69, 9.17) is 10.2 Å². The number of nitrogens with two attached hydrogens (primary N) is 1. The summed E-state index contributed by atoms with van der Waals surface area (Å²) < 4.78 is 5.58. The van der Waals surface area contributed by atoms with Gasteiger partial charge < -0.3 is 15.5 Å². The number of hydrogen-bond acceptors (Lipinski definition) is 3. The number of furan rings is 1. The number of para-hydroxylation sites is 2. The molecule has 5 heteroatoms. The van der Waals surface area contributed by atoms with Crippen molar-refractivity contribution in [2.24, 2.45) is 5.73 Å². The number of benzene rings is 2. The molecule has 5 nitrogen and oxygen atoms in total. The number of primary amides is 1. The standard InChI is InChI=1S/C17H14N2O3/c1-10-15(12-7-3-5-9-14(12)22-10)17(21)19-13-8-4-2-6-11(13)16(18)20/h2-9H,1H3,(H2,18,20)(H,19,21). The first-order valence-electron chi connectivity index (χ1n) is 6.76. The van der Waals surface area contributed by atoms with Crippen molar-refractivity contribution in [3.05, 3.63) is 65.4 Å². The molecule has 3 N–H and O–H groups in total. The summed E-state index contributed by atoms with van der Waals surface area (Å²) in [7, 11) is 0. The Balaban J connectivity index is 2.01. The van der Waals surface area contributed by atoms with Crippen molar-refractivity contribution in [3.63, 3.8) is 0 Å². The van der Waals surface area contributed by atoms with Gasteiger partial charge in [-0.2, -0.15) is 0 Å². The van der Waals surface area contributed by atoms with E-state index < -0.39 is 5.91 Å². The third kappa shape index (κ3) is 2.33. The molecule has 0 fully saturated rings. The summed E-state index contributed by atoms with van der Waals surface area (Å²) in [4.78, 5) is 24.0. The van der Waals surface area contributed by atoms with Crippen LogP contribution in [0.25, 0.3) is 11.0 Å². The molecule has 0 spiro atoms. The van der Waals surface area contributed by atoms with E-state index in [2.05, 4.69) is 5.32 Å². The van der Waals surface area contributed by atoms with Gasteiger partial charge in [-0.25, -0.2) is 0 Å². The van der Waals surface area contributed by atoms with Gasteiger partial charge in [-0.1, -0.05) is 30.3 Å². The van der Waals surface area contributed by atoms with E-state index in [0.717, 1.165) is 5.39 Å². The summed E-state index contributed by atoms with van der Waals surface area (Å²) in [5.41, 5.74) is 7.07. The Morgan fingerprint density at radius 3 is 2.50 bits per heavy atom. The number of fused-ring (bicyclic) bond motifs is 1. The fraction of sp³-hybridized carbons (Fsp3) is 0.0588. The van der Waals surface area contributed by atoms with Crippen LogP contribution in [-0.2, 0) is 0 Å². The molecule has 1 heterocycles. The second kappa shape index (κ2) is 5.37. The second-order valence-corrected chi connectivity index (χ2v) is 4.89. The molecule has 0 aliphatic carbocycles. The molecule has 0 bridgehead atoms. The van der Waals surface area contributed by atoms with Crippen LogP contribution in [-0.4, -0.2) is 11.8 Å². The Kier molecular flexibility index (Phi) is 3.39. The van der Waals surface area contributed by atoms with E-state index in [-0.39, 0.29) is 11.5 Å². The third-order valence-corrected chi connectivity index (χ3v) is 3.44. The summed E-state index contributed by atoms with van der Waals surface area (Å²) in [5, 5.41) is 3.46. The largest absolute Gasteiger partial charge is 0.461 e. The number of carbonyl (C=O) groups is 2. The maximum Gasteiger partial charge on any atom is 0.259 e. The van der Waals surface area contributed by atoms with Crippen LogP contribution >= 0.6 is 0 Å². The first kappa shape index (κ1) is 13.9. The molecule has 2 amide bonds. The molecule has 0 radical (unpaired) electrons. The third-order valence-electron chi connectivity index (χ3n) is 3.44. The van der Waals surface area contributed by atoms with Gasteiger partial charge in [0, 0.05) is 5.39 Å². The first-order chi connectivity index (χ1) is 10.6.